The van der Waals surface area contributed by atoms with E-state index in [-0.39, 0.29) is 12.1 Å². The van der Waals surface area contributed by atoms with Gasteiger partial charge in [-0.15, -0.1) is 0 Å². The highest BCUT2D eigenvalue weighted by molar-refractivity contribution is 5.89. The van der Waals surface area contributed by atoms with Gasteiger partial charge in [0, 0.05) is 0 Å². The molecule has 1 rings (SSSR count). The van der Waals surface area contributed by atoms with Gasteiger partial charge in [0.2, 0.25) is 0 Å². The first-order valence-electron chi connectivity index (χ1n) is 7.67. The second kappa shape index (κ2) is 9.54. The topological polar surface area (TPSA) is 52.3 Å². The molecular formula is C17H27NO2. The molecule has 3 nitrogen and oxygen atoms in total. The van der Waals surface area contributed by atoms with E-state index in [1.165, 1.54) is 19.3 Å². The number of unbranched alkanes of at least 4 members (excludes halogenated alkanes) is 3. The first-order valence-corrected chi connectivity index (χ1v) is 7.67. The minimum Gasteiger partial charge on any atom is -0.459 e. The van der Waals surface area contributed by atoms with E-state index in [1.807, 2.05) is 25.1 Å². The minimum absolute atomic E-state index is 0.0162. The monoisotopic (exact) mass is 277 g/mol. The number of rotatable bonds is 9. The first kappa shape index (κ1) is 16.7. The highest BCUT2D eigenvalue weighted by Crippen LogP contribution is 2.12. The van der Waals surface area contributed by atoms with E-state index in [0.717, 1.165) is 24.8 Å². The molecule has 1 unspecified atom stereocenters. The molecule has 1 atom stereocenters. The Hall–Kier alpha value is -1.35. The highest BCUT2D eigenvalue weighted by atomic mass is 16.5. The van der Waals surface area contributed by atoms with Crippen LogP contribution in [0.5, 0.6) is 0 Å². The van der Waals surface area contributed by atoms with Crippen LogP contribution in [-0.2, 0) is 11.2 Å². The van der Waals surface area contributed by atoms with E-state index in [2.05, 4.69) is 6.92 Å². The molecule has 0 saturated carbocycles. The van der Waals surface area contributed by atoms with Crippen molar-refractivity contribution in [2.75, 3.05) is 6.54 Å². The average Bonchev–Trinajstić information content (AvgIpc) is 2.44. The van der Waals surface area contributed by atoms with Crippen molar-refractivity contribution in [1.29, 1.82) is 0 Å². The van der Waals surface area contributed by atoms with Gasteiger partial charge in [-0.1, -0.05) is 38.3 Å². The van der Waals surface area contributed by atoms with Gasteiger partial charge in [-0.25, -0.2) is 4.79 Å². The second-order valence-corrected chi connectivity index (χ2v) is 5.30. The Kier molecular flexibility index (Phi) is 7.97. The van der Waals surface area contributed by atoms with Crippen molar-refractivity contribution in [1.82, 2.24) is 0 Å². The molecule has 2 N–H and O–H groups in total. The molecule has 1 aromatic rings. The summed E-state index contributed by atoms with van der Waals surface area (Å²) in [5.74, 6) is -0.230. The lowest BCUT2D eigenvalue weighted by molar-refractivity contribution is 0.0319. The quantitative estimate of drug-likeness (QED) is 0.553. The van der Waals surface area contributed by atoms with Crippen molar-refractivity contribution in [3.05, 3.63) is 35.4 Å². The van der Waals surface area contributed by atoms with E-state index in [1.54, 1.807) is 6.07 Å². The Morgan fingerprint density at radius 2 is 2.10 bits per heavy atom. The molecule has 20 heavy (non-hydrogen) atoms. The SMILES string of the molecule is CCCCCCC(C)OC(=O)c1cccc(CCN)c1. The van der Waals surface area contributed by atoms with Crippen molar-refractivity contribution in [3.8, 4) is 0 Å². The summed E-state index contributed by atoms with van der Waals surface area (Å²) in [5, 5.41) is 0. The fourth-order valence-electron chi connectivity index (χ4n) is 2.19. The van der Waals surface area contributed by atoms with Crippen LogP contribution in [0.15, 0.2) is 24.3 Å². The number of hydrogen-bond donors (Lipinski definition) is 1. The molecule has 0 amide bonds. The predicted molar refractivity (Wildman–Crippen MR) is 82.8 cm³/mol. The van der Waals surface area contributed by atoms with Crippen molar-refractivity contribution in [2.24, 2.45) is 5.73 Å². The maximum absolute atomic E-state index is 12.0. The third kappa shape index (κ3) is 6.20. The standard InChI is InChI=1S/C17H27NO2/c1-3-4-5-6-8-14(2)20-17(19)16-10-7-9-15(13-16)11-12-18/h7,9-10,13-14H,3-6,8,11-12,18H2,1-2H3. The molecule has 0 radical (unpaired) electrons. The normalized spacial score (nSPS) is 12.2. The van der Waals surface area contributed by atoms with Crippen molar-refractivity contribution < 1.29 is 9.53 Å². The Morgan fingerprint density at radius 3 is 2.80 bits per heavy atom. The van der Waals surface area contributed by atoms with Crippen LogP contribution in [0.25, 0.3) is 0 Å². The molecule has 0 aliphatic carbocycles. The second-order valence-electron chi connectivity index (χ2n) is 5.30. The fraction of sp³-hybridized carbons (Fsp3) is 0.588. The summed E-state index contributed by atoms with van der Waals surface area (Å²) in [7, 11) is 0. The third-order valence-electron chi connectivity index (χ3n) is 3.37. The van der Waals surface area contributed by atoms with Crippen LogP contribution in [0.3, 0.4) is 0 Å². The summed E-state index contributed by atoms with van der Waals surface area (Å²) < 4.78 is 5.48. The molecule has 0 heterocycles. The van der Waals surface area contributed by atoms with E-state index in [0.29, 0.717) is 12.1 Å². The van der Waals surface area contributed by atoms with Crippen molar-refractivity contribution >= 4 is 5.97 Å². The molecule has 3 heteroatoms. The van der Waals surface area contributed by atoms with Gasteiger partial charge >= 0.3 is 5.97 Å². The van der Waals surface area contributed by atoms with Gasteiger partial charge in [0.15, 0.2) is 0 Å². The van der Waals surface area contributed by atoms with Crippen LogP contribution in [-0.4, -0.2) is 18.6 Å². The lowest BCUT2D eigenvalue weighted by Crippen LogP contribution is -2.15. The van der Waals surface area contributed by atoms with Crippen LogP contribution in [0.2, 0.25) is 0 Å². The molecule has 0 spiro atoms. The first-order chi connectivity index (χ1) is 9.67. The number of nitrogens with two attached hydrogens (primary N) is 1. The summed E-state index contributed by atoms with van der Waals surface area (Å²) in [6.45, 7) is 4.75. The zero-order valence-corrected chi connectivity index (χ0v) is 12.7. The van der Waals surface area contributed by atoms with E-state index >= 15 is 0 Å². The molecule has 0 aliphatic rings. The maximum atomic E-state index is 12.0. The van der Waals surface area contributed by atoms with Crippen LogP contribution in [0, 0.1) is 0 Å². The highest BCUT2D eigenvalue weighted by Gasteiger charge is 2.12. The number of carbonyl (C=O) groups is 1. The van der Waals surface area contributed by atoms with Crippen LogP contribution < -0.4 is 5.73 Å². The van der Waals surface area contributed by atoms with Gasteiger partial charge in [-0.3, -0.25) is 0 Å². The number of esters is 1. The minimum atomic E-state index is -0.230. The number of hydrogen-bond acceptors (Lipinski definition) is 3. The molecule has 0 fully saturated rings. The Balaban J connectivity index is 2.43. The summed E-state index contributed by atoms with van der Waals surface area (Å²) in [6, 6.07) is 7.54. The van der Waals surface area contributed by atoms with Gasteiger partial charge in [0.25, 0.3) is 0 Å². The Bertz CT molecular complexity index is 404. The maximum Gasteiger partial charge on any atom is 0.338 e. The molecule has 0 saturated heterocycles. The van der Waals surface area contributed by atoms with Crippen LogP contribution in [0.1, 0.15) is 61.9 Å². The van der Waals surface area contributed by atoms with Crippen LogP contribution in [0.4, 0.5) is 0 Å². The van der Waals surface area contributed by atoms with Crippen molar-refractivity contribution in [2.45, 2.75) is 58.5 Å². The molecule has 1 aromatic carbocycles. The predicted octanol–water partition coefficient (Wildman–Crippen LogP) is 3.70. The van der Waals surface area contributed by atoms with Gasteiger partial charge in [0.1, 0.15) is 0 Å². The fourth-order valence-corrected chi connectivity index (χ4v) is 2.19. The lowest BCUT2D eigenvalue weighted by atomic mass is 10.1. The number of benzene rings is 1. The Labute approximate surface area is 122 Å². The third-order valence-corrected chi connectivity index (χ3v) is 3.37. The van der Waals surface area contributed by atoms with Crippen LogP contribution >= 0.6 is 0 Å². The summed E-state index contributed by atoms with van der Waals surface area (Å²) >= 11 is 0. The lowest BCUT2D eigenvalue weighted by Gasteiger charge is -2.13. The number of ether oxygens (including phenoxy) is 1. The number of carbonyl (C=O) groups excluding carboxylic acids is 1. The summed E-state index contributed by atoms with van der Waals surface area (Å²) in [6.07, 6.45) is 6.52. The molecule has 0 aliphatic heterocycles. The Morgan fingerprint density at radius 1 is 1.30 bits per heavy atom. The van der Waals surface area contributed by atoms with Crippen molar-refractivity contribution in [3.63, 3.8) is 0 Å². The average molecular weight is 277 g/mol. The molecular weight excluding hydrogens is 250 g/mol. The van der Waals surface area contributed by atoms with E-state index in [4.69, 9.17) is 10.5 Å². The summed E-state index contributed by atoms with van der Waals surface area (Å²) in [5.41, 5.74) is 7.23. The van der Waals surface area contributed by atoms with Gasteiger partial charge in [0.05, 0.1) is 11.7 Å². The summed E-state index contributed by atoms with van der Waals surface area (Å²) in [4.78, 5) is 12.0. The largest absolute Gasteiger partial charge is 0.459 e. The zero-order valence-electron chi connectivity index (χ0n) is 12.7. The molecule has 112 valence electrons. The zero-order chi connectivity index (χ0) is 14.8. The molecule has 0 aromatic heterocycles. The van der Waals surface area contributed by atoms with E-state index in [9.17, 15) is 4.79 Å². The van der Waals surface area contributed by atoms with Gasteiger partial charge in [-0.05, 0) is 50.4 Å². The van der Waals surface area contributed by atoms with Gasteiger partial charge in [-0.2, -0.15) is 0 Å². The molecule has 0 bridgehead atoms. The van der Waals surface area contributed by atoms with E-state index < -0.39 is 0 Å². The smallest absolute Gasteiger partial charge is 0.338 e. The van der Waals surface area contributed by atoms with Gasteiger partial charge < -0.3 is 10.5 Å².